The second kappa shape index (κ2) is 6.04. The Bertz CT molecular complexity index is 669. The van der Waals surface area contributed by atoms with Gasteiger partial charge < -0.3 is 10.2 Å². The van der Waals surface area contributed by atoms with E-state index in [4.69, 9.17) is 0 Å². The van der Waals surface area contributed by atoms with Crippen molar-refractivity contribution >= 4 is 23.0 Å². The molecule has 2 aromatic carbocycles. The zero-order chi connectivity index (χ0) is 15.4. The van der Waals surface area contributed by atoms with Crippen LogP contribution in [0.25, 0.3) is 0 Å². The van der Waals surface area contributed by atoms with E-state index in [1.165, 1.54) is 12.1 Å². The van der Waals surface area contributed by atoms with Crippen LogP contribution in [-0.2, 0) is 0 Å². The van der Waals surface area contributed by atoms with Gasteiger partial charge in [0.15, 0.2) is 0 Å². The van der Waals surface area contributed by atoms with Gasteiger partial charge in [0, 0.05) is 37.6 Å². The third-order valence-corrected chi connectivity index (χ3v) is 2.95. The molecule has 0 bridgehead atoms. The molecule has 1 N–H and O–H groups in total. The van der Waals surface area contributed by atoms with Crippen molar-refractivity contribution < 1.29 is 9.72 Å². The van der Waals surface area contributed by atoms with Crippen LogP contribution in [-0.4, -0.2) is 24.9 Å². The molecule has 0 saturated carbocycles. The lowest BCUT2D eigenvalue weighted by Gasteiger charge is -2.17. The summed E-state index contributed by atoms with van der Waals surface area (Å²) in [6.45, 7) is 0. The number of nitro groups is 1. The lowest BCUT2D eigenvalue weighted by atomic mass is 10.1. The molecule has 0 aliphatic carbocycles. The number of nitro benzene ring substituents is 1. The Kier molecular flexibility index (Phi) is 4.18. The predicted octanol–water partition coefficient (Wildman–Crippen LogP) is 2.91. The average Bonchev–Trinajstić information content (AvgIpc) is 2.47. The minimum absolute atomic E-state index is 0.112. The average molecular weight is 285 g/mol. The molecule has 0 unspecified atom stereocenters. The first kappa shape index (κ1) is 14.5. The summed E-state index contributed by atoms with van der Waals surface area (Å²) in [7, 11) is 3.56. The standard InChI is InChI=1S/C15H15N3O3/c1-17(2)14-9-8-12(18(20)21)10-13(14)15(19)16-11-6-4-3-5-7-11/h3-10H,1-2H3,(H,16,19). The van der Waals surface area contributed by atoms with Crippen LogP contribution in [0.2, 0.25) is 0 Å². The van der Waals surface area contributed by atoms with Gasteiger partial charge in [-0.1, -0.05) is 18.2 Å². The topological polar surface area (TPSA) is 75.5 Å². The summed E-state index contributed by atoms with van der Waals surface area (Å²) in [5.41, 5.74) is 1.41. The molecule has 6 nitrogen and oxygen atoms in total. The number of hydrogen-bond acceptors (Lipinski definition) is 4. The van der Waals surface area contributed by atoms with E-state index in [1.807, 2.05) is 6.07 Å². The molecule has 1 amide bonds. The van der Waals surface area contributed by atoms with Crippen LogP contribution in [0.15, 0.2) is 48.5 Å². The summed E-state index contributed by atoms with van der Waals surface area (Å²) in [5, 5.41) is 13.6. The Labute approximate surface area is 122 Å². The first-order valence-corrected chi connectivity index (χ1v) is 6.31. The Morgan fingerprint density at radius 2 is 1.81 bits per heavy atom. The number of benzene rings is 2. The first-order chi connectivity index (χ1) is 9.99. The van der Waals surface area contributed by atoms with Crippen LogP contribution in [0.3, 0.4) is 0 Å². The molecule has 0 spiro atoms. The van der Waals surface area contributed by atoms with Crippen molar-refractivity contribution in [3.05, 3.63) is 64.2 Å². The van der Waals surface area contributed by atoms with E-state index < -0.39 is 4.92 Å². The first-order valence-electron chi connectivity index (χ1n) is 6.31. The van der Waals surface area contributed by atoms with Crippen LogP contribution in [0.4, 0.5) is 17.1 Å². The summed E-state index contributed by atoms with van der Waals surface area (Å²) in [4.78, 5) is 24.5. The molecular weight excluding hydrogens is 270 g/mol. The van der Waals surface area contributed by atoms with E-state index in [2.05, 4.69) is 5.32 Å². The third kappa shape index (κ3) is 3.36. The van der Waals surface area contributed by atoms with Crippen molar-refractivity contribution in [2.75, 3.05) is 24.3 Å². The van der Waals surface area contributed by atoms with Gasteiger partial charge in [0.1, 0.15) is 0 Å². The van der Waals surface area contributed by atoms with Gasteiger partial charge in [-0.15, -0.1) is 0 Å². The van der Waals surface area contributed by atoms with Crippen LogP contribution in [0.5, 0.6) is 0 Å². The van der Waals surface area contributed by atoms with E-state index >= 15 is 0 Å². The number of non-ortho nitro benzene ring substituents is 1. The van der Waals surface area contributed by atoms with Crippen molar-refractivity contribution in [3.8, 4) is 0 Å². The molecular formula is C15H15N3O3. The van der Waals surface area contributed by atoms with Gasteiger partial charge >= 0.3 is 0 Å². The van der Waals surface area contributed by atoms with Crippen molar-refractivity contribution in [1.29, 1.82) is 0 Å². The number of anilines is 2. The highest BCUT2D eigenvalue weighted by atomic mass is 16.6. The van der Waals surface area contributed by atoms with Gasteiger partial charge in [0.2, 0.25) is 0 Å². The normalized spacial score (nSPS) is 10.0. The van der Waals surface area contributed by atoms with Gasteiger partial charge in [-0.2, -0.15) is 0 Å². The molecule has 0 saturated heterocycles. The minimum Gasteiger partial charge on any atom is -0.377 e. The van der Waals surface area contributed by atoms with Gasteiger partial charge in [0.25, 0.3) is 11.6 Å². The van der Waals surface area contributed by atoms with E-state index in [0.29, 0.717) is 11.4 Å². The second-order valence-corrected chi connectivity index (χ2v) is 4.67. The van der Waals surface area contributed by atoms with Crippen molar-refractivity contribution in [1.82, 2.24) is 0 Å². The molecule has 2 rings (SSSR count). The Morgan fingerprint density at radius 3 is 2.38 bits per heavy atom. The Morgan fingerprint density at radius 1 is 1.14 bits per heavy atom. The highest BCUT2D eigenvalue weighted by Gasteiger charge is 2.18. The number of nitrogens with zero attached hydrogens (tertiary/aromatic N) is 2. The van der Waals surface area contributed by atoms with Crippen molar-refractivity contribution in [3.63, 3.8) is 0 Å². The maximum absolute atomic E-state index is 12.4. The maximum Gasteiger partial charge on any atom is 0.270 e. The van der Waals surface area contributed by atoms with Gasteiger partial charge in [0.05, 0.1) is 10.5 Å². The molecule has 0 aliphatic rings. The molecule has 0 aromatic heterocycles. The van der Waals surface area contributed by atoms with E-state index in [0.717, 1.165) is 0 Å². The predicted molar refractivity (Wildman–Crippen MR) is 81.8 cm³/mol. The largest absolute Gasteiger partial charge is 0.377 e. The molecule has 108 valence electrons. The Hall–Kier alpha value is -2.89. The quantitative estimate of drug-likeness (QED) is 0.692. The van der Waals surface area contributed by atoms with E-state index in [-0.39, 0.29) is 17.2 Å². The number of carbonyl (C=O) groups excluding carboxylic acids is 1. The van der Waals surface area contributed by atoms with Crippen LogP contribution in [0, 0.1) is 10.1 Å². The SMILES string of the molecule is CN(C)c1ccc([N+](=O)[O-])cc1C(=O)Nc1ccccc1. The molecule has 0 fully saturated rings. The number of nitrogens with one attached hydrogen (secondary N) is 1. The molecule has 0 heterocycles. The van der Waals surface area contributed by atoms with Crippen molar-refractivity contribution in [2.45, 2.75) is 0 Å². The fourth-order valence-electron chi connectivity index (χ4n) is 1.93. The lowest BCUT2D eigenvalue weighted by Crippen LogP contribution is -2.18. The lowest BCUT2D eigenvalue weighted by molar-refractivity contribution is -0.384. The summed E-state index contributed by atoms with van der Waals surface area (Å²) < 4.78 is 0. The number of carbonyl (C=O) groups is 1. The number of hydrogen-bond donors (Lipinski definition) is 1. The van der Waals surface area contributed by atoms with E-state index in [9.17, 15) is 14.9 Å². The van der Waals surface area contributed by atoms with Gasteiger partial charge in [-0.25, -0.2) is 0 Å². The highest BCUT2D eigenvalue weighted by molar-refractivity contribution is 6.08. The Balaban J connectivity index is 2.38. The number of para-hydroxylation sites is 1. The van der Waals surface area contributed by atoms with Crippen LogP contribution < -0.4 is 10.2 Å². The minimum atomic E-state index is -0.515. The highest BCUT2D eigenvalue weighted by Crippen LogP contribution is 2.25. The van der Waals surface area contributed by atoms with Gasteiger partial charge in [-0.3, -0.25) is 14.9 Å². The summed E-state index contributed by atoms with van der Waals surface area (Å²) in [6.07, 6.45) is 0. The fraction of sp³-hybridized carbons (Fsp3) is 0.133. The summed E-state index contributed by atoms with van der Waals surface area (Å²) in [5.74, 6) is -0.381. The second-order valence-electron chi connectivity index (χ2n) is 4.67. The zero-order valence-corrected chi connectivity index (χ0v) is 11.7. The van der Waals surface area contributed by atoms with Crippen LogP contribution in [0.1, 0.15) is 10.4 Å². The molecule has 0 radical (unpaired) electrons. The zero-order valence-electron chi connectivity index (χ0n) is 11.7. The molecule has 21 heavy (non-hydrogen) atoms. The maximum atomic E-state index is 12.4. The molecule has 0 atom stereocenters. The van der Waals surface area contributed by atoms with E-state index in [1.54, 1.807) is 49.3 Å². The smallest absolute Gasteiger partial charge is 0.270 e. The van der Waals surface area contributed by atoms with Crippen LogP contribution >= 0.6 is 0 Å². The monoisotopic (exact) mass is 285 g/mol. The molecule has 2 aromatic rings. The molecule has 6 heteroatoms. The summed E-state index contributed by atoms with van der Waals surface area (Å²) >= 11 is 0. The number of rotatable bonds is 4. The third-order valence-electron chi connectivity index (χ3n) is 2.95. The number of amides is 1. The summed E-state index contributed by atoms with van der Waals surface area (Å²) in [6, 6.07) is 13.2. The van der Waals surface area contributed by atoms with Gasteiger partial charge in [-0.05, 0) is 18.2 Å². The van der Waals surface area contributed by atoms with Crippen molar-refractivity contribution in [2.24, 2.45) is 0 Å². The fourth-order valence-corrected chi connectivity index (χ4v) is 1.93. The molecule has 0 aliphatic heterocycles.